The SMILES string of the molecule is CC(C)(C)OC(=O)N1CCCC1C(=O)NC1CCC(Oc2ncc(Cl)cn2)CC1. The van der Waals surface area contributed by atoms with E-state index in [2.05, 4.69) is 15.3 Å². The van der Waals surface area contributed by atoms with Crippen LogP contribution in [0.15, 0.2) is 12.4 Å². The molecular weight excluding hydrogens is 396 g/mol. The van der Waals surface area contributed by atoms with Crippen LogP contribution in [0, 0.1) is 0 Å². The van der Waals surface area contributed by atoms with Gasteiger partial charge in [0.15, 0.2) is 0 Å². The minimum Gasteiger partial charge on any atom is -0.460 e. The van der Waals surface area contributed by atoms with Crippen molar-refractivity contribution in [3.63, 3.8) is 0 Å². The van der Waals surface area contributed by atoms with Gasteiger partial charge < -0.3 is 14.8 Å². The predicted molar refractivity (Wildman–Crippen MR) is 108 cm³/mol. The minimum absolute atomic E-state index is 0.0223. The fourth-order valence-corrected chi connectivity index (χ4v) is 3.81. The number of ether oxygens (including phenoxy) is 2. The predicted octanol–water partition coefficient (Wildman–Crippen LogP) is 3.34. The molecule has 1 aliphatic carbocycles. The van der Waals surface area contributed by atoms with Crippen molar-refractivity contribution in [2.75, 3.05) is 6.54 Å². The molecule has 1 aromatic heterocycles. The number of rotatable bonds is 4. The molecule has 29 heavy (non-hydrogen) atoms. The average molecular weight is 425 g/mol. The Labute approximate surface area is 176 Å². The Morgan fingerprint density at radius 2 is 1.79 bits per heavy atom. The minimum atomic E-state index is -0.577. The molecule has 0 bridgehead atoms. The van der Waals surface area contributed by atoms with Crippen LogP contribution in [0.4, 0.5) is 4.79 Å². The van der Waals surface area contributed by atoms with Crippen molar-refractivity contribution in [2.24, 2.45) is 0 Å². The number of hydrogen-bond acceptors (Lipinski definition) is 6. The zero-order chi connectivity index (χ0) is 21.0. The Hall–Kier alpha value is -2.09. The molecule has 160 valence electrons. The zero-order valence-electron chi connectivity index (χ0n) is 17.2. The Morgan fingerprint density at radius 3 is 2.41 bits per heavy atom. The maximum absolute atomic E-state index is 12.8. The number of carbonyl (C=O) groups excluding carboxylic acids is 2. The van der Waals surface area contributed by atoms with E-state index < -0.39 is 17.7 Å². The van der Waals surface area contributed by atoms with E-state index in [1.807, 2.05) is 20.8 Å². The summed E-state index contributed by atoms with van der Waals surface area (Å²) in [7, 11) is 0. The first-order valence-corrected chi connectivity index (χ1v) is 10.5. The molecule has 1 atom stereocenters. The first kappa shape index (κ1) is 21.6. The number of aromatic nitrogens is 2. The standard InChI is InChI=1S/C20H29ClN4O4/c1-20(2,3)29-19(27)25-10-4-5-16(25)17(26)24-14-6-8-15(9-7-14)28-18-22-11-13(21)12-23-18/h11-12,14-16H,4-10H2,1-3H3,(H,24,26). The van der Waals surface area contributed by atoms with Crippen molar-refractivity contribution in [3.8, 4) is 6.01 Å². The summed E-state index contributed by atoms with van der Waals surface area (Å²) in [5, 5.41) is 3.58. The molecule has 9 heteroatoms. The van der Waals surface area contributed by atoms with E-state index in [0.29, 0.717) is 24.0 Å². The third-order valence-corrected chi connectivity index (χ3v) is 5.27. The van der Waals surface area contributed by atoms with Crippen LogP contribution in [0.5, 0.6) is 6.01 Å². The number of carbonyl (C=O) groups is 2. The second kappa shape index (κ2) is 9.15. The van der Waals surface area contributed by atoms with Gasteiger partial charge in [-0.1, -0.05) is 11.6 Å². The highest BCUT2D eigenvalue weighted by Gasteiger charge is 2.37. The van der Waals surface area contributed by atoms with Gasteiger partial charge >= 0.3 is 12.1 Å². The van der Waals surface area contributed by atoms with Crippen molar-refractivity contribution in [2.45, 2.75) is 83.1 Å². The number of nitrogens with zero attached hydrogens (tertiary/aromatic N) is 3. The van der Waals surface area contributed by atoms with Crippen LogP contribution in [0.25, 0.3) is 0 Å². The van der Waals surface area contributed by atoms with Gasteiger partial charge in [0.25, 0.3) is 0 Å². The number of halogens is 1. The average Bonchev–Trinajstić information content (AvgIpc) is 3.14. The maximum Gasteiger partial charge on any atom is 0.410 e. The molecule has 2 fully saturated rings. The van der Waals surface area contributed by atoms with Gasteiger partial charge in [0.05, 0.1) is 17.4 Å². The monoisotopic (exact) mass is 424 g/mol. The first-order chi connectivity index (χ1) is 13.7. The highest BCUT2D eigenvalue weighted by Crippen LogP contribution is 2.25. The third-order valence-electron chi connectivity index (χ3n) is 5.07. The third kappa shape index (κ3) is 6.19. The molecule has 1 unspecified atom stereocenters. The molecule has 8 nitrogen and oxygen atoms in total. The lowest BCUT2D eigenvalue weighted by Gasteiger charge is -2.31. The molecule has 1 saturated carbocycles. The second-order valence-corrected chi connectivity index (χ2v) is 9.05. The zero-order valence-corrected chi connectivity index (χ0v) is 17.9. The highest BCUT2D eigenvalue weighted by atomic mass is 35.5. The molecule has 1 aliphatic heterocycles. The van der Waals surface area contributed by atoms with Crippen LogP contribution in [-0.4, -0.2) is 57.2 Å². The van der Waals surface area contributed by atoms with Crippen molar-refractivity contribution < 1.29 is 19.1 Å². The molecule has 0 spiro atoms. The van der Waals surface area contributed by atoms with Gasteiger partial charge in [0, 0.05) is 12.6 Å². The first-order valence-electron chi connectivity index (χ1n) is 10.2. The molecule has 0 aromatic carbocycles. The number of amides is 2. The summed E-state index contributed by atoms with van der Waals surface area (Å²) < 4.78 is 11.2. The fourth-order valence-electron chi connectivity index (χ4n) is 3.71. The normalized spacial score (nSPS) is 24.8. The van der Waals surface area contributed by atoms with Gasteiger partial charge in [-0.3, -0.25) is 9.69 Å². The van der Waals surface area contributed by atoms with Crippen LogP contribution in [0.3, 0.4) is 0 Å². The second-order valence-electron chi connectivity index (χ2n) is 8.62. The molecule has 1 saturated heterocycles. The van der Waals surface area contributed by atoms with Gasteiger partial charge in [0.1, 0.15) is 17.7 Å². The smallest absolute Gasteiger partial charge is 0.410 e. The molecule has 1 aromatic rings. The summed E-state index contributed by atoms with van der Waals surface area (Å²) in [5.41, 5.74) is -0.577. The van der Waals surface area contributed by atoms with Crippen molar-refractivity contribution in [3.05, 3.63) is 17.4 Å². The lowest BCUT2D eigenvalue weighted by atomic mass is 9.92. The quantitative estimate of drug-likeness (QED) is 0.796. The van der Waals surface area contributed by atoms with Gasteiger partial charge in [-0.15, -0.1) is 0 Å². The Morgan fingerprint density at radius 1 is 1.14 bits per heavy atom. The van der Waals surface area contributed by atoms with Gasteiger partial charge in [0.2, 0.25) is 5.91 Å². The van der Waals surface area contributed by atoms with E-state index in [1.54, 1.807) is 4.90 Å². The van der Waals surface area contributed by atoms with Crippen LogP contribution in [0.1, 0.15) is 59.3 Å². The van der Waals surface area contributed by atoms with E-state index >= 15 is 0 Å². The Bertz CT molecular complexity index is 714. The largest absolute Gasteiger partial charge is 0.460 e. The number of nitrogens with one attached hydrogen (secondary N) is 1. The Kier molecular flexibility index (Phi) is 6.82. The molecular formula is C20H29ClN4O4. The summed E-state index contributed by atoms with van der Waals surface area (Å²) >= 11 is 5.78. The highest BCUT2D eigenvalue weighted by molar-refractivity contribution is 6.30. The van der Waals surface area contributed by atoms with E-state index in [1.165, 1.54) is 12.4 Å². The van der Waals surface area contributed by atoms with Gasteiger partial charge in [-0.25, -0.2) is 14.8 Å². The van der Waals surface area contributed by atoms with E-state index in [0.717, 1.165) is 32.1 Å². The molecule has 3 rings (SSSR count). The molecule has 2 amide bonds. The van der Waals surface area contributed by atoms with Crippen molar-refractivity contribution in [1.82, 2.24) is 20.2 Å². The van der Waals surface area contributed by atoms with Crippen molar-refractivity contribution >= 4 is 23.6 Å². The Balaban J connectivity index is 1.46. The lowest BCUT2D eigenvalue weighted by molar-refractivity contribution is -0.126. The van der Waals surface area contributed by atoms with E-state index in [-0.39, 0.29) is 18.1 Å². The summed E-state index contributed by atoms with van der Waals surface area (Å²) in [6, 6.07) is -0.0586. The number of likely N-dealkylation sites (tertiary alicyclic amines) is 1. The van der Waals surface area contributed by atoms with Crippen LogP contribution >= 0.6 is 11.6 Å². The van der Waals surface area contributed by atoms with Crippen LogP contribution in [-0.2, 0) is 9.53 Å². The summed E-state index contributed by atoms with van der Waals surface area (Å²) in [6.45, 7) is 6.03. The summed E-state index contributed by atoms with van der Waals surface area (Å²) in [5.74, 6) is -0.0984. The van der Waals surface area contributed by atoms with Crippen molar-refractivity contribution in [1.29, 1.82) is 0 Å². The summed E-state index contributed by atoms with van der Waals surface area (Å²) in [6.07, 6.45) is 7.31. The molecule has 1 N–H and O–H groups in total. The lowest BCUT2D eigenvalue weighted by Crippen LogP contribution is -2.50. The molecule has 2 aliphatic rings. The summed E-state index contributed by atoms with van der Waals surface area (Å²) in [4.78, 5) is 34.8. The van der Waals surface area contributed by atoms with Crippen LogP contribution < -0.4 is 10.1 Å². The van der Waals surface area contributed by atoms with E-state index in [4.69, 9.17) is 21.1 Å². The molecule has 2 heterocycles. The number of hydrogen-bond donors (Lipinski definition) is 1. The van der Waals surface area contributed by atoms with Gasteiger partial charge in [-0.2, -0.15) is 0 Å². The van der Waals surface area contributed by atoms with E-state index in [9.17, 15) is 9.59 Å². The van der Waals surface area contributed by atoms with Gasteiger partial charge in [-0.05, 0) is 59.3 Å². The molecule has 0 radical (unpaired) electrons. The maximum atomic E-state index is 12.8. The fraction of sp³-hybridized carbons (Fsp3) is 0.700. The topological polar surface area (TPSA) is 93.7 Å². The van der Waals surface area contributed by atoms with Crippen LogP contribution in [0.2, 0.25) is 5.02 Å².